The second kappa shape index (κ2) is 8.65. The molecule has 0 saturated carbocycles. The van der Waals surface area contributed by atoms with E-state index in [0.29, 0.717) is 5.02 Å². The van der Waals surface area contributed by atoms with Gasteiger partial charge in [-0.1, -0.05) is 104 Å². The summed E-state index contributed by atoms with van der Waals surface area (Å²) in [5, 5.41) is 3.09. The van der Waals surface area contributed by atoms with E-state index in [1.165, 1.54) is 27.6 Å². The zero-order valence-electron chi connectivity index (χ0n) is 21.4. The van der Waals surface area contributed by atoms with Gasteiger partial charge in [0.1, 0.15) is 0 Å². The molecule has 0 saturated heterocycles. The van der Waals surface area contributed by atoms with Gasteiger partial charge >= 0.3 is 0 Å². The molecule has 3 heteroatoms. The number of allylic oxidation sites excluding steroid dienone is 1. The molecule has 1 aliphatic carbocycles. The zero-order valence-corrected chi connectivity index (χ0v) is 22.2. The fourth-order valence-electron chi connectivity index (χ4n) is 6.01. The van der Waals surface area contributed by atoms with Gasteiger partial charge in [-0.2, -0.15) is 0 Å². The molecular formula is C35H27ClN2. The van der Waals surface area contributed by atoms with Gasteiger partial charge in [-0.3, -0.25) is 0 Å². The largest absolute Gasteiger partial charge is 0.309 e. The van der Waals surface area contributed by atoms with Crippen LogP contribution in [0.2, 0.25) is 5.02 Å². The number of hydrogen-bond acceptors (Lipinski definition) is 1. The van der Waals surface area contributed by atoms with Crippen LogP contribution in [0.15, 0.2) is 127 Å². The van der Waals surface area contributed by atoms with E-state index in [1.807, 2.05) is 0 Å². The number of benzene rings is 5. The first kappa shape index (κ1) is 22.9. The first-order chi connectivity index (χ1) is 18.5. The van der Waals surface area contributed by atoms with E-state index < -0.39 is 0 Å². The van der Waals surface area contributed by atoms with Gasteiger partial charge in [-0.25, -0.2) is 0 Å². The molecule has 2 nitrogen and oxygen atoms in total. The van der Waals surface area contributed by atoms with E-state index in [0.717, 1.165) is 28.1 Å². The summed E-state index contributed by atoms with van der Waals surface area (Å²) >= 11 is 6.95. The lowest BCUT2D eigenvalue weighted by Gasteiger charge is -2.28. The van der Waals surface area contributed by atoms with Crippen LogP contribution in [-0.2, 0) is 5.41 Å². The van der Waals surface area contributed by atoms with Crippen molar-refractivity contribution in [2.45, 2.75) is 19.3 Å². The normalized spacial score (nSPS) is 14.0. The third-order valence-corrected chi connectivity index (χ3v) is 7.84. The van der Waals surface area contributed by atoms with Gasteiger partial charge in [0, 0.05) is 38.1 Å². The Morgan fingerprint density at radius 2 is 1.34 bits per heavy atom. The topological polar surface area (TPSA) is 8.17 Å². The van der Waals surface area contributed by atoms with E-state index >= 15 is 0 Å². The van der Waals surface area contributed by atoms with E-state index in [-0.39, 0.29) is 5.41 Å². The lowest BCUT2D eigenvalue weighted by molar-refractivity contribution is 0.683. The molecule has 0 unspecified atom stereocenters. The summed E-state index contributed by atoms with van der Waals surface area (Å²) in [6, 6.07) is 42.8. The minimum absolute atomic E-state index is 0.0886. The maximum absolute atomic E-state index is 6.95. The number of aromatic nitrogens is 1. The highest BCUT2D eigenvalue weighted by molar-refractivity contribution is 6.33. The lowest BCUT2D eigenvalue weighted by atomic mass is 9.87. The van der Waals surface area contributed by atoms with Crippen molar-refractivity contribution in [2.24, 2.45) is 0 Å². The number of rotatable bonds is 4. The summed E-state index contributed by atoms with van der Waals surface area (Å²) < 4.78 is 2.32. The van der Waals surface area contributed by atoms with Crippen LogP contribution >= 0.6 is 11.6 Å². The number of nitrogens with zero attached hydrogens (tertiary/aromatic N) is 2. The van der Waals surface area contributed by atoms with Crippen LogP contribution in [0.5, 0.6) is 0 Å². The number of fused-ring (bicyclic) bond motifs is 4. The first-order valence-corrected chi connectivity index (χ1v) is 13.4. The number of halogens is 1. The molecule has 0 spiro atoms. The highest BCUT2D eigenvalue weighted by atomic mass is 35.5. The predicted molar refractivity (Wildman–Crippen MR) is 162 cm³/mol. The molecule has 0 N–H and O–H groups in total. The van der Waals surface area contributed by atoms with E-state index in [9.17, 15) is 0 Å². The van der Waals surface area contributed by atoms with Crippen LogP contribution in [0.4, 0.5) is 11.4 Å². The van der Waals surface area contributed by atoms with Crippen LogP contribution in [0, 0.1) is 0 Å². The van der Waals surface area contributed by atoms with Crippen molar-refractivity contribution in [3.8, 4) is 5.69 Å². The molecule has 1 aliphatic rings. The molecule has 0 bridgehead atoms. The Morgan fingerprint density at radius 1 is 0.684 bits per heavy atom. The molecule has 38 heavy (non-hydrogen) atoms. The van der Waals surface area contributed by atoms with Gasteiger partial charge in [0.15, 0.2) is 0 Å². The molecule has 5 aromatic carbocycles. The second-order valence-corrected chi connectivity index (χ2v) is 10.9. The van der Waals surface area contributed by atoms with E-state index in [1.54, 1.807) is 0 Å². The first-order valence-electron chi connectivity index (χ1n) is 13.0. The summed E-state index contributed by atoms with van der Waals surface area (Å²) in [4.78, 5) is 2.39. The molecule has 0 radical (unpaired) electrons. The van der Waals surface area contributed by atoms with Crippen molar-refractivity contribution < 1.29 is 0 Å². The minimum atomic E-state index is -0.0886. The molecule has 6 aromatic rings. The average molecular weight is 511 g/mol. The molecule has 184 valence electrons. The van der Waals surface area contributed by atoms with E-state index in [4.69, 9.17) is 11.6 Å². The smallest absolute Gasteiger partial charge is 0.0577 e. The Kier molecular flexibility index (Phi) is 5.21. The zero-order chi connectivity index (χ0) is 25.9. The summed E-state index contributed by atoms with van der Waals surface area (Å²) in [5.74, 6) is 0. The molecule has 0 atom stereocenters. The minimum Gasteiger partial charge on any atom is -0.309 e. The summed E-state index contributed by atoms with van der Waals surface area (Å²) in [7, 11) is 0. The Labute approximate surface area is 228 Å². The van der Waals surface area contributed by atoms with Gasteiger partial charge < -0.3 is 9.47 Å². The Bertz CT molecular complexity index is 1850. The second-order valence-electron chi connectivity index (χ2n) is 10.5. The predicted octanol–water partition coefficient (Wildman–Crippen LogP) is 9.91. The van der Waals surface area contributed by atoms with Gasteiger partial charge in [-0.05, 0) is 54.1 Å². The summed E-state index contributed by atoms with van der Waals surface area (Å²) in [6.07, 6.45) is 2.40. The van der Waals surface area contributed by atoms with Crippen molar-refractivity contribution in [2.75, 3.05) is 4.90 Å². The van der Waals surface area contributed by atoms with Crippen LogP contribution in [0.1, 0.15) is 25.0 Å². The summed E-state index contributed by atoms with van der Waals surface area (Å²) in [6.45, 7) is 4.58. The SMILES string of the molecule is CC1(C)C=C(N(c2ccccc2)c2cc(Cl)cc3c2c2ccccc2n3-c2ccccc2)c2ccccc21. The van der Waals surface area contributed by atoms with Gasteiger partial charge in [0.2, 0.25) is 0 Å². The Morgan fingerprint density at radius 3 is 2.13 bits per heavy atom. The molecule has 1 heterocycles. The highest BCUT2D eigenvalue weighted by Crippen LogP contribution is 2.49. The quantitative estimate of drug-likeness (QED) is 0.229. The molecule has 0 aliphatic heterocycles. The van der Waals surface area contributed by atoms with Crippen LogP contribution in [0.25, 0.3) is 33.2 Å². The molecule has 0 fully saturated rings. The Hall–Kier alpha value is -4.27. The summed E-state index contributed by atoms with van der Waals surface area (Å²) in [5.41, 5.74) is 9.21. The van der Waals surface area contributed by atoms with Crippen molar-refractivity contribution in [1.82, 2.24) is 4.57 Å². The lowest BCUT2D eigenvalue weighted by Crippen LogP contribution is -2.15. The monoisotopic (exact) mass is 510 g/mol. The van der Waals surface area contributed by atoms with Crippen molar-refractivity contribution in [1.29, 1.82) is 0 Å². The number of hydrogen-bond donors (Lipinski definition) is 0. The number of para-hydroxylation sites is 3. The molecule has 7 rings (SSSR count). The van der Waals surface area contributed by atoms with Gasteiger partial charge in [0.05, 0.1) is 22.4 Å². The van der Waals surface area contributed by atoms with Gasteiger partial charge in [0.25, 0.3) is 0 Å². The number of anilines is 2. The Balaban J connectivity index is 1.61. The van der Waals surface area contributed by atoms with Crippen molar-refractivity contribution in [3.63, 3.8) is 0 Å². The fraction of sp³-hybridized carbons (Fsp3) is 0.0857. The van der Waals surface area contributed by atoms with Crippen LogP contribution in [0.3, 0.4) is 0 Å². The van der Waals surface area contributed by atoms with Gasteiger partial charge in [-0.15, -0.1) is 0 Å². The van der Waals surface area contributed by atoms with E-state index in [2.05, 4.69) is 151 Å². The third-order valence-electron chi connectivity index (χ3n) is 7.62. The van der Waals surface area contributed by atoms with Crippen LogP contribution in [-0.4, -0.2) is 4.57 Å². The standard InChI is InChI=1S/C35H27ClN2/c1-35(2)23-33(27-17-9-11-19-29(27)35)38(26-15-7-4-8-16-26)32-22-24(36)21-31-34(32)28-18-10-12-20-30(28)37(31)25-13-5-3-6-14-25/h3-23H,1-2H3. The molecule has 0 amide bonds. The maximum atomic E-state index is 6.95. The average Bonchev–Trinajstić information content (AvgIpc) is 3.41. The maximum Gasteiger partial charge on any atom is 0.0577 e. The molecule has 1 aromatic heterocycles. The van der Waals surface area contributed by atoms with Crippen LogP contribution < -0.4 is 4.90 Å². The third kappa shape index (κ3) is 3.48. The molecular weight excluding hydrogens is 484 g/mol. The van der Waals surface area contributed by atoms with Crippen molar-refractivity contribution in [3.05, 3.63) is 144 Å². The fourth-order valence-corrected chi connectivity index (χ4v) is 6.21. The highest BCUT2D eigenvalue weighted by Gasteiger charge is 2.34. The van der Waals surface area contributed by atoms with Crippen molar-refractivity contribution >= 4 is 50.5 Å².